The Hall–Kier alpha value is -0.550. The van der Waals surface area contributed by atoms with Crippen LogP contribution in [0.4, 0.5) is 0 Å². The molecule has 5 heteroatoms. The highest BCUT2D eigenvalue weighted by molar-refractivity contribution is 9.08. The molecule has 0 unspecified atom stereocenters. The summed E-state index contributed by atoms with van der Waals surface area (Å²) in [6, 6.07) is 5.67. The van der Waals surface area contributed by atoms with Gasteiger partial charge in [-0.25, -0.2) is 4.79 Å². The lowest BCUT2D eigenvalue weighted by Gasteiger charge is -2.07. The summed E-state index contributed by atoms with van der Waals surface area (Å²) in [4.78, 5) is 10.3. The molecule has 0 atom stereocenters. The number of carboxylic acids is 1. The van der Waals surface area contributed by atoms with Gasteiger partial charge in [-0.15, -0.1) is 0 Å². The largest absolute Gasteiger partial charge is 0.482 e. The van der Waals surface area contributed by atoms with Gasteiger partial charge in [-0.3, -0.25) is 0 Å². The van der Waals surface area contributed by atoms with Crippen LogP contribution < -0.4 is 4.74 Å². The molecule has 0 aliphatic heterocycles. The summed E-state index contributed by atoms with van der Waals surface area (Å²) in [6.45, 7) is -0.312. The Morgan fingerprint density at radius 2 is 1.73 bits per heavy atom. The normalized spacial score (nSPS) is 10.0. The number of carbonyl (C=O) groups is 1. The first kappa shape index (κ1) is 12.5. The molecule has 0 aliphatic rings. The van der Waals surface area contributed by atoms with Gasteiger partial charge < -0.3 is 9.84 Å². The summed E-state index contributed by atoms with van der Waals surface area (Å²) in [6.07, 6.45) is 0. The number of rotatable bonds is 5. The van der Waals surface area contributed by atoms with E-state index in [1.54, 1.807) is 0 Å². The smallest absolute Gasteiger partial charge is 0.341 e. The first-order valence-electron chi connectivity index (χ1n) is 4.25. The lowest BCUT2D eigenvalue weighted by Crippen LogP contribution is -2.09. The highest BCUT2D eigenvalue weighted by Gasteiger charge is 2.03. The van der Waals surface area contributed by atoms with Crippen molar-refractivity contribution in [3.63, 3.8) is 0 Å². The number of aliphatic carboxylic acids is 1. The maximum Gasteiger partial charge on any atom is 0.341 e. The van der Waals surface area contributed by atoms with Crippen molar-refractivity contribution in [1.82, 2.24) is 0 Å². The van der Waals surface area contributed by atoms with Crippen molar-refractivity contribution in [2.45, 2.75) is 10.7 Å². The SMILES string of the molecule is O=C(O)COc1cc(CBr)cc(CBr)c1. The van der Waals surface area contributed by atoms with Crippen LogP contribution in [-0.4, -0.2) is 17.7 Å². The second-order valence-corrected chi connectivity index (χ2v) is 4.06. The van der Waals surface area contributed by atoms with Crippen LogP contribution in [0, 0.1) is 0 Å². The van der Waals surface area contributed by atoms with Crippen LogP contribution in [0.5, 0.6) is 5.75 Å². The molecule has 0 amide bonds. The fraction of sp³-hybridized carbons (Fsp3) is 0.300. The molecule has 0 aromatic heterocycles. The zero-order valence-corrected chi connectivity index (χ0v) is 11.0. The Balaban J connectivity index is 2.81. The molecule has 1 rings (SSSR count). The van der Waals surface area contributed by atoms with Gasteiger partial charge in [0.25, 0.3) is 0 Å². The molecule has 82 valence electrons. The lowest BCUT2D eigenvalue weighted by molar-refractivity contribution is -0.139. The van der Waals surface area contributed by atoms with E-state index in [9.17, 15) is 4.79 Å². The molecule has 0 aliphatic carbocycles. The van der Waals surface area contributed by atoms with Crippen molar-refractivity contribution in [3.8, 4) is 5.75 Å². The van der Waals surface area contributed by atoms with E-state index in [4.69, 9.17) is 9.84 Å². The van der Waals surface area contributed by atoms with Gasteiger partial charge in [-0.1, -0.05) is 37.9 Å². The Morgan fingerprint density at radius 1 is 1.20 bits per heavy atom. The van der Waals surface area contributed by atoms with E-state index in [-0.39, 0.29) is 6.61 Å². The Labute approximate surface area is 105 Å². The fourth-order valence-electron chi connectivity index (χ4n) is 1.11. The summed E-state index contributed by atoms with van der Waals surface area (Å²) in [5, 5.41) is 9.92. The average molecular weight is 338 g/mol. The molecular formula is C10H10Br2O3. The second-order valence-electron chi connectivity index (χ2n) is 2.93. The zero-order valence-electron chi connectivity index (χ0n) is 7.87. The minimum Gasteiger partial charge on any atom is -0.482 e. The molecule has 0 spiro atoms. The van der Waals surface area contributed by atoms with E-state index in [0.29, 0.717) is 5.75 Å². The predicted molar refractivity (Wildman–Crippen MR) is 64.8 cm³/mol. The number of carboxylic acid groups (broad SMARTS) is 1. The summed E-state index contributed by atoms with van der Waals surface area (Å²) >= 11 is 6.70. The van der Waals surface area contributed by atoms with Crippen molar-refractivity contribution < 1.29 is 14.6 Å². The quantitative estimate of drug-likeness (QED) is 0.840. The zero-order chi connectivity index (χ0) is 11.3. The molecule has 1 N–H and O–H groups in total. The molecule has 3 nitrogen and oxygen atoms in total. The van der Waals surface area contributed by atoms with E-state index in [0.717, 1.165) is 21.8 Å². The molecule has 0 fully saturated rings. The van der Waals surface area contributed by atoms with Crippen LogP contribution in [0.1, 0.15) is 11.1 Å². The third kappa shape index (κ3) is 4.22. The van der Waals surface area contributed by atoms with Gasteiger partial charge in [0.05, 0.1) is 0 Å². The maximum absolute atomic E-state index is 10.3. The Morgan fingerprint density at radius 3 is 2.13 bits per heavy atom. The van der Waals surface area contributed by atoms with E-state index < -0.39 is 5.97 Å². The van der Waals surface area contributed by atoms with E-state index in [1.165, 1.54) is 0 Å². The first-order valence-corrected chi connectivity index (χ1v) is 6.49. The fourth-order valence-corrected chi connectivity index (χ4v) is 1.76. The Kier molecular flexibility index (Phi) is 5.11. The molecular weight excluding hydrogens is 328 g/mol. The monoisotopic (exact) mass is 336 g/mol. The highest BCUT2D eigenvalue weighted by Crippen LogP contribution is 2.20. The van der Waals surface area contributed by atoms with Crippen molar-refractivity contribution in [3.05, 3.63) is 29.3 Å². The molecule has 15 heavy (non-hydrogen) atoms. The number of halogens is 2. The molecule has 0 heterocycles. The van der Waals surface area contributed by atoms with Crippen LogP contribution in [0.15, 0.2) is 18.2 Å². The summed E-state index contributed by atoms with van der Waals surface area (Å²) < 4.78 is 5.11. The minimum atomic E-state index is -0.973. The van der Waals surface area contributed by atoms with Crippen LogP contribution >= 0.6 is 31.9 Å². The van der Waals surface area contributed by atoms with Gasteiger partial charge in [-0.05, 0) is 23.3 Å². The summed E-state index contributed by atoms with van der Waals surface area (Å²) in [5.41, 5.74) is 2.12. The summed E-state index contributed by atoms with van der Waals surface area (Å²) in [7, 11) is 0. The van der Waals surface area contributed by atoms with Gasteiger partial charge in [-0.2, -0.15) is 0 Å². The number of hydrogen-bond acceptors (Lipinski definition) is 2. The molecule has 0 saturated heterocycles. The lowest BCUT2D eigenvalue weighted by atomic mass is 10.1. The van der Waals surface area contributed by atoms with Crippen LogP contribution in [0.2, 0.25) is 0 Å². The van der Waals surface area contributed by atoms with Gasteiger partial charge >= 0.3 is 5.97 Å². The standard InChI is InChI=1S/C10H10Br2O3/c11-4-7-1-8(5-12)3-9(2-7)15-6-10(13)14/h1-3H,4-6H2,(H,13,14). The van der Waals surface area contributed by atoms with Gasteiger partial charge in [0, 0.05) is 10.7 Å². The number of alkyl halides is 2. The van der Waals surface area contributed by atoms with Gasteiger partial charge in [0.15, 0.2) is 6.61 Å². The van der Waals surface area contributed by atoms with Crippen molar-refractivity contribution in [2.24, 2.45) is 0 Å². The molecule has 1 aromatic carbocycles. The first-order chi connectivity index (χ1) is 7.15. The average Bonchev–Trinajstić information content (AvgIpc) is 2.25. The van der Waals surface area contributed by atoms with Gasteiger partial charge in [0.1, 0.15) is 5.75 Å². The second kappa shape index (κ2) is 6.12. The van der Waals surface area contributed by atoms with Crippen molar-refractivity contribution >= 4 is 37.8 Å². The molecule has 0 radical (unpaired) electrons. The third-order valence-electron chi connectivity index (χ3n) is 1.70. The van der Waals surface area contributed by atoms with Crippen LogP contribution in [0.3, 0.4) is 0 Å². The molecule has 1 aromatic rings. The van der Waals surface area contributed by atoms with Crippen LogP contribution in [-0.2, 0) is 15.5 Å². The molecule has 0 saturated carbocycles. The number of hydrogen-bond donors (Lipinski definition) is 1. The topological polar surface area (TPSA) is 46.5 Å². The van der Waals surface area contributed by atoms with Crippen LogP contribution in [0.25, 0.3) is 0 Å². The van der Waals surface area contributed by atoms with E-state index in [2.05, 4.69) is 31.9 Å². The van der Waals surface area contributed by atoms with E-state index in [1.807, 2.05) is 18.2 Å². The van der Waals surface area contributed by atoms with Crippen molar-refractivity contribution in [1.29, 1.82) is 0 Å². The minimum absolute atomic E-state index is 0.312. The van der Waals surface area contributed by atoms with Gasteiger partial charge in [0.2, 0.25) is 0 Å². The number of ether oxygens (including phenoxy) is 1. The number of benzene rings is 1. The third-order valence-corrected chi connectivity index (χ3v) is 2.99. The highest BCUT2D eigenvalue weighted by atomic mass is 79.9. The van der Waals surface area contributed by atoms with E-state index >= 15 is 0 Å². The summed E-state index contributed by atoms with van der Waals surface area (Å²) in [5.74, 6) is -0.386. The molecule has 0 bridgehead atoms. The Bertz CT molecular complexity index is 330. The van der Waals surface area contributed by atoms with Crippen molar-refractivity contribution in [2.75, 3.05) is 6.61 Å². The maximum atomic E-state index is 10.3. The predicted octanol–water partition coefficient (Wildman–Crippen LogP) is 2.94.